The average Bonchev–Trinajstić information content (AvgIpc) is 3.18. The van der Waals surface area contributed by atoms with Crippen molar-refractivity contribution in [1.29, 1.82) is 0 Å². The fourth-order valence-electron chi connectivity index (χ4n) is 3.50. The molecule has 0 bridgehead atoms. The van der Waals surface area contributed by atoms with Crippen LogP contribution < -0.4 is 9.64 Å². The number of benzene rings is 1. The van der Waals surface area contributed by atoms with Crippen molar-refractivity contribution in [2.45, 2.75) is 38.3 Å². The van der Waals surface area contributed by atoms with Crippen molar-refractivity contribution in [3.05, 3.63) is 41.2 Å². The van der Waals surface area contributed by atoms with E-state index < -0.39 is 10.0 Å². The van der Waals surface area contributed by atoms with Crippen LogP contribution in [0.4, 0.5) is 5.95 Å². The first-order chi connectivity index (χ1) is 14.0. The summed E-state index contributed by atoms with van der Waals surface area (Å²) >= 11 is 0. The molecule has 0 radical (unpaired) electrons. The maximum Gasteiger partial charge on any atom is 0.243 e. The van der Waals surface area contributed by atoms with E-state index in [0.717, 1.165) is 42.1 Å². The van der Waals surface area contributed by atoms with Crippen LogP contribution >= 0.6 is 0 Å². The van der Waals surface area contributed by atoms with Crippen LogP contribution in [0, 0.1) is 6.92 Å². The van der Waals surface area contributed by atoms with Crippen LogP contribution in [0.3, 0.4) is 0 Å². The van der Waals surface area contributed by atoms with E-state index >= 15 is 0 Å². The van der Waals surface area contributed by atoms with Crippen LogP contribution in [0.2, 0.25) is 0 Å². The topological polar surface area (TPSA) is 84.9 Å². The second kappa shape index (κ2) is 8.25. The lowest BCUT2D eigenvalue weighted by Crippen LogP contribution is -2.37. The van der Waals surface area contributed by atoms with E-state index in [1.54, 1.807) is 24.4 Å². The minimum Gasteiger partial charge on any atom is -0.493 e. The Labute approximate surface area is 171 Å². The molecule has 29 heavy (non-hydrogen) atoms. The molecule has 0 N–H and O–H groups in total. The van der Waals surface area contributed by atoms with Gasteiger partial charge in [-0.25, -0.2) is 18.4 Å². The van der Waals surface area contributed by atoms with Gasteiger partial charge in [0.25, 0.3) is 0 Å². The van der Waals surface area contributed by atoms with Gasteiger partial charge in [0.1, 0.15) is 5.75 Å². The molecule has 0 saturated carbocycles. The second-order valence-corrected chi connectivity index (χ2v) is 9.23. The van der Waals surface area contributed by atoms with Gasteiger partial charge in [0.05, 0.1) is 37.0 Å². The Bertz CT molecular complexity index is 990. The normalized spacial score (nSPS) is 17.4. The van der Waals surface area contributed by atoms with Gasteiger partial charge in [-0.1, -0.05) is 6.92 Å². The summed E-state index contributed by atoms with van der Waals surface area (Å²) in [7, 11) is -3.63. The van der Waals surface area contributed by atoms with Crippen LogP contribution in [0.25, 0.3) is 0 Å². The number of morpholine rings is 1. The molecule has 1 aromatic carbocycles. The molecule has 0 unspecified atom stereocenters. The van der Waals surface area contributed by atoms with Gasteiger partial charge in [0.2, 0.25) is 16.0 Å². The van der Waals surface area contributed by atoms with Gasteiger partial charge in [-0.15, -0.1) is 0 Å². The molecule has 2 aliphatic heterocycles. The lowest BCUT2D eigenvalue weighted by atomic mass is 10.2. The highest BCUT2D eigenvalue weighted by Gasteiger charge is 2.32. The predicted octanol–water partition coefficient (Wildman–Crippen LogP) is 2.11. The van der Waals surface area contributed by atoms with E-state index in [2.05, 4.69) is 14.9 Å². The molecule has 2 aromatic rings. The van der Waals surface area contributed by atoms with Gasteiger partial charge < -0.3 is 14.4 Å². The predicted molar refractivity (Wildman–Crippen MR) is 108 cm³/mol. The highest BCUT2D eigenvalue weighted by Crippen LogP contribution is 2.30. The van der Waals surface area contributed by atoms with Gasteiger partial charge in [-0.3, -0.25) is 0 Å². The first kappa shape index (κ1) is 20.1. The number of aryl methyl sites for hydroxylation is 1. The Kier molecular flexibility index (Phi) is 5.71. The molecule has 0 amide bonds. The lowest BCUT2D eigenvalue weighted by molar-refractivity contribution is 0.122. The Hall–Kier alpha value is -2.23. The van der Waals surface area contributed by atoms with Gasteiger partial charge in [-0.2, -0.15) is 4.31 Å². The van der Waals surface area contributed by atoms with Crippen molar-refractivity contribution in [3.8, 4) is 5.75 Å². The maximum absolute atomic E-state index is 13.2. The Morgan fingerprint density at radius 1 is 1.21 bits per heavy atom. The largest absolute Gasteiger partial charge is 0.493 e. The molecular weight excluding hydrogens is 392 g/mol. The number of rotatable bonds is 6. The van der Waals surface area contributed by atoms with E-state index in [-0.39, 0.29) is 18.0 Å². The SMILES string of the molecule is CCCOc1ccc(S(=O)(=O)N2Cc3cnc(N4CCOCC4)nc3C2)cc1C. The minimum absolute atomic E-state index is 0.255. The molecular formula is C20H26N4O4S. The molecule has 2 aliphatic rings. The zero-order valence-electron chi connectivity index (χ0n) is 16.8. The van der Waals surface area contributed by atoms with E-state index in [9.17, 15) is 8.42 Å². The fraction of sp³-hybridized carbons (Fsp3) is 0.500. The third-order valence-electron chi connectivity index (χ3n) is 5.15. The second-order valence-electron chi connectivity index (χ2n) is 7.29. The van der Waals surface area contributed by atoms with E-state index in [4.69, 9.17) is 9.47 Å². The monoisotopic (exact) mass is 418 g/mol. The molecule has 1 saturated heterocycles. The number of nitrogens with zero attached hydrogens (tertiary/aromatic N) is 4. The fourth-order valence-corrected chi connectivity index (χ4v) is 4.97. The highest BCUT2D eigenvalue weighted by atomic mass is 32.2. The molecule has 0 aliphatic carbocycles. The lowest BCUT2D eigenvalue weighted by Gasteiger charge is -2.26. The number of sulfonamides is 1. The summed E-state index contributed by atoms with van der Waals surface area (Å²) in [6, 6.07) is 5.02. The number of hydrogen-bond acceptors (Lipinski definition) is 7. The number of aromatic nitrogens is 2. The summed E-state index contributed by atoms with van der Waals surface area (Å²) < 4.78 is 38.8. The van der Waals surface area contributed by atoms with Gasteiger partial charge >= 0.3 is 0 Å². The Morgan fingerprint density at radius 2 is 2.00 bits per heavy atom. The maximum atomic E-state index is 13.2. The molecule has 1 aromatic heterocycles. The molecule has 1 fully saturated rings. The smallest absolute Gasteiger partial charge is 0.243 e. The van der Waals surface area contributed by atoms with Gasteiger partial charge in [-0.05, 0) is 37.1 Å². The highest BCUT2D eigenvalue weighted by molar-refractivity contribution is 7.89. The molecule has 0 spiro atoms. The standard InChI is InChI=1S/C20H26N4O4S/c1-3-8-28-19-5-4-17(11-15(19)2)29(25,26)24-13-16-12-21-20(22-18(16)14-24)23-6-9-27-10-7-23/h4-5,11-12H,3,6-10,13-14H2,1-2H3. The molecule has 4 rings (SSSR count). The molecule has 156 valence electrons. The minimum atomic E-state index is -3.63. The van der Waals surface area contributed by atoms with Crippen molar-refractivity contribution < 1.29 is 17.9 Å². The van der Waals surface area contributed by atoms with Crippen molar-refractivity contribution in [3.63, 3.8) is 0 Å². The molecule has 8 nitrogen and oxygen atoms in total. The van der Waals surface area contributed by atoms with Gasteiger partial charge in [0, 0.05) is 31.4 Å². The summed E-state index contributed by atoms with van der Waals surface area (Å²) in [4.78, 5) is 11.4. The Balaban J connectivity index is 1.53. The summed E-state index contributed by atoms with van der Waals surface area (Å²) in [5.41, 5.74) is 2.43. The van der Waals surface area contributed by atoms with Crippen LogP contribution in [-0.2, 0) is 27.8 Å². The van der Waals surface area contributed by atoms with Crippen LogP contribution in [0.1, 0.15) is 30.2 Å². The third-order valence-corrected chi connectivity index (χ3v) is 6.94. The van der Waals surface area contributed by atoms with Crippen molar-refractivity contribution in [2.24, 2.45) is 0 Å². The van der Waals surface area contributed by atoms with Crippen molar-refractivity contribution >= 4 is 16.0 Å². The van der Waals surface area contributed by atoms with Gasteiger partial charge in [0.15, 0.2) is 0 Å². The summed E-state index contributed by atoms with van der Waals surface area (Å²) in [6.07, 6.45) is 2.65. The van der Waals surface area contributed by atoms with Crippen molar-refractivity contribution in [2.75, 3.05) is 37.8 Å². The molecule has 0 atom stereocenters. The summed E-state index contributed by atoms with van der Waals surface area (Å²) in [5.74, 6) is 1.36. The molecule has 3 heterocycles. The average molecular weight is 419 g/mol. The zero-order chi connectivity index (χ0) is 20.4. The van der Waals surface area contributed by atoms with Crippen LogP contribution in [0.5, 0.6) is 5.75 Å². The number of ether oxygens (including phenoxy) is 2. The van der Waals surface area contributed by atoms with Crippen molar-refractivity contribution in [1.82, 2.24) is 14.3 Å². The number of anilines is 1. The van der Waals surface area contributed by atoms with E-state index in [1.807, 2.05) is 13.8 Å². The first-order valence-corrected chi connectivity index (χ1v) is 11.3. The van der Waals surface area contributed by atoms with E-state index in [0.29, 0.717) is 25.8 Å². The number of hydrogen-bond donors (Lipinski definition) is 0. The zero-order valence-corrected chi connectivity index (χ0v) is 17.6. The third kappa shape index (κ3) is 4.08. The quantitative estimate of drug-likeness (QED) is 0.710. The number of fused-ring (bicyclic) bond motifs is 1. The van der Waals surface area contributed by atoms with Crippen LogP contribution in [-0.4, -0.2) is 55.6 Å². The first-order valence-electron chi connectivity index (χ1n) is 9.90. The Morgan fingerprint density at radius 3 is 2.72 bits per heavy atom. The van der Waals surface area contributed by atoms with Crippen LogP contribution in [0.15, 0.2) is 29.3 Å². The summed E-state index contributed by atoms with van der Waals surface area (Å²) in [6.45, 7) is 7.84. The summed E-state index contributed by atoms with van der Waals surface area (Å²) in [5, 5.41) is 0. The van der Waals surface area contributed by atoms with E-state index in [1.165, 1.54) is 4.31 Å². The molecule has 9 heteroatoms.